The van der Waals surface area contributed by atoms with Crippen molar-refractivity contribution in [1.29, 1.82) is 0 Å². The molecule has 1 amide bonds. The lowest BCUT2D eigenvalue weighted by Crippen LogP contribution is -2.08. The Kier molecular flexibility index (Phi) is 4.38. The van der Waals surface area contributed by atoms with Gasteiger partial charge in [0.05, 0.1) is 4.90 Å². The molecule has 0 heterocycles. The van der Waals surface area contributed by atoms with Crippen LogP contribution in [0.25, 0.3) is 0 Å². The third-order valence-corrected chi connectivity index (χ3v) is 2.83. The van der Waals surface area contributed by atoms with E-state index in [9.17, 15) is 13.2 Å². The quantitative estimate of drug-likeness (QED) is 0.640. The van der Waals surface area contributed by atoms with E-state index < -0.39 is 10.4 Å². The first-order valence-corrected chi connectivity index (χ1v) is 7.03. The molecule has 0 atom stereocenters. The van der Waals surface area contributed by atoms with Crippen molar-refractivity contribution in [2.75, 3.05) is 11.6 Å². The minimum absolute atomic E-state index is 0.00843. The normalized spacial score (nSPS) is 11.0. The van der Waals surface area contributed by atoms with Gasteiger partial charge in [-0.2, -0.15) is 8.42 Å². The predicted octanol–water partition coefficient (Wildman–Crippen LogP) is 1.55. The fourth-order valence-electron chi connectivity index (χ4n) is 1.13. The van der Waals surface area contributed by atoms with Crippen LogP contribution in [0.3, 0.4) is 0 Å². The molecule has 17 heavy (non-hydrogen) atoms. The summed E-state index contributed by atoms with van der Waals surface area (Å²) in [6, 6.07) is 4.37. The molecule has 94 valence electrons. The van der Waals surface area contributed by atoms with Gasteiger partial charge in [0.25, 0.3) is 0 Å². The number of thioether (sulfide) groups is 1. The summed E-state index contributed by atoms with van der Waals surface area (Å²) in [5.74, 6) is -0.227. The van der Waals surface area contributed by atoms with E-state index in [1.165, 1.54) is 30.8 Å². The van der Waals surface area contributed by atoms with Crippen molar-refractivity contribution in [1.82, 2.24) is 0 Å². The Morgan fingerprint density at radius 3 is 2.59 bits per heavy atom. The first kappa shape index (κ1) is 13.8. The number of amides is 1. The van der Waals surface area contributed by atoms with Crippen LogP contribution in [0.1, 0.15) is 6.92 Å². The van der Waals surface area contributed by atoms with Crippen molar-refractivity contribution in [2.45, 2.75) is 11.8 Å². The minimum atomic E-state index is -4.55. The summed E-state index contributed by atoms with van der Waals surface area (Å²) >= 11 is 1.23. The molecule has 1 rings (SSSR count). The lowest BCUT2D eigenvalue weighted by atomic mass is 10.3. The number of hydrogen-bond acceptors (Lipinski definition) is 5. The Morgan fingerprint density at radius 1 is 1.47 bits per heavy atom. The molecule has 0 radical (unpaired) electrons. The van der Waals surface area contributed by atoms with Crippen molar-refractivity contribution in [3.8, 4) is 5.75 Å². The summed E-state index contributed by atoms with van der Waals surface area (Å²) < 4.78 is 34.1. The van der Waals surface area contributed by atoms with Gasteiger partial charge in [-0.15, -0.1) is 11.8 Å². The van der Waals surface area contributed by atoms with E-state index in [4.69, 9.17) is 4.55 Å². The largest absolute Gasteiger partial charge is 0.446 e. The molecule has 1 aromatic rings. The lowest BCUT2D eigenvalue weighted by Gasteiger charge is -2.09. The second-order valence-corrected chi connectivity index (χ2v) is 4.93. The van der Waals surface area contributed by atoms with Crippen molar-refractivity contribution in [3.63, 3.8) is 0 Å². The second-order valence-electron chi connectivity index (χ2n) is 3.06. The number of rotatable bonds is 4. The average molecular weight is 277 g/mol. The molecule has 0 saturated carbocycles. The maximum atomic E-state index is 10.8. The van der Waals surface area contributed by atoms with Crippen LogP contribution in [0.4, 0.5) is 5.69 Å². The molecule has 1 aromatic carbocycles. The van der Waals surface area contributed by atoms with Gasteiger partial charge in [-0.05, 0) is 24.5 Å². The van der Waals surface area contributed by atoms with Gasteiger partial charge in [0, 0.05) is 12.6 Å². The Balaban J connectivity index is 3.05. The molecule has 0 fully saturated rings. The maximum absolute atomic E-state index is 10.8. The summed E-state index contributed by atoms with van der Waals surface area (Å²) in [7, 11) is -4.55. The highest BCUT2D eigenvalue weighted by Crippen LogP contribution is 2.31. The number of carbonyl (C=O) groups excluding carboxylic acids is 1. The van der Waals surface area contributed by atoms with Gasteiger partial charge >= 0.3 is 10.4 Å². The highest BCUT2D eigenvalue weighted by atomic mass is 32.3. The van der Waals surface area contributed by atoms with Crippen LogP contribution in [0.2, 0.25) is 0 Å². The summed E-state index contributed by atoms with van der Waals surface area (Å²) in [6.07, 6.45) is 1.71. The van der Waals surface area contributed by atoms with Crippen LogP contribution < -0.4 is 9.50 Å². The third-order valence-electron chi connectivity index (χ3n) is 1.68. The van der Waals surface area contributed by atoms with E-state index >= 15 is 0 Å². The Morgan fingerprint density at radius 2 is 2.12 bits per heavy atom. The topological polar surface area (TPSA) is 92.7 Å². The summed E-state index contributed by atoms with van der Waals surface area (Å²) in [5, 5.41) is 2.55. The van der Waals surface area contributed by atoms with Gasteiger partial charge < -0.3 is 9.50 Å². The zero-order valence-corrected chi connectivity index (χ0v) is 10.8. The van der Waals surface area contributed by atoms with Gasteiger partial charge in [-0.25, -0.2) is 0 Å². The van der Waals surface area contributed by atoms with Gasteiger partial charge in [0.15, 0.2) is 5.75 Å². The van der Waals surface area contributed by atoms with Crippen LogP contribution in [0, 0.1) is 0 Å². The van der Waals surface area contributed by atoms with Crippen molar-refractivity contribution in [3.05, 3.63) is 18.2 Å². The molecular formula is C9H11NO5S2. The van der Waals surface area contributed by atoms with Crippen molar-refractivity contribution >= 4 is 33.8 Å². The Bertz CT molecular complexity index is 526. The van der Waals surface area contributed by atoms with E-state index in [2.05, 4.69) is 9.50 Å². The lowest BCUT2D eigenvalue weighted by molar-refractivity contribution is -0.114. The zero-order chi connectivity index (χ0) is 13.1. The number of anilines is 1. The molecule has 0 aromatic heterocycles. The van der Waals surface area contributed by atoms with Crippen LogP contribution in [-0.4, -0.2) is 25.1 Å². The number of benzene rings is 1. The molecule has 0 aliphatic rings. The fourth-order valence-corrected chi connectivity index (χ4v) is 2.11. The van der Waals surface area contributed by atoms with E-state index in [-0.39, 0.29) is 11.7 Å². The van der Waals surface area contributed by atoms with Gasteiger partial charge in [-0.3, -0.25) is 9.35 Å². The van der Waals surface area contributed by atoms with Crippen molar-refractivity contribution < 1.29 is 21.9 Å². The summed E-state index contributed by atoms with van der Waals surface area (Å²) in [4.78, 5) is 11.3. The Hall–Kier alpha value is -1.25. The molecule has 0 aliphatic heterocycles. The van der Waals surface area contributed by atoms with Crippen LogP contribution in [0.5, 0.6) is 5.75 Å². The van der Waals surface area contributed by atoms with E-state index in [1.807, 2.05) is 0 Å². The first-order chi connectivity index (χ1) is 7.81. The first-order valence-electron chi connectivity index (χ1n) is 4.44. The number of hydrogen-bond donors (Lipinski definition) is 2. The molecule has 0 spiro atoms. The molecule has 0 aliphatic carbocycles. The molecule has 0 bridgehead atoms. The minimum Gasteiger partial charge on any atom is -0.361 e. The van der Waals surface area contributed by atoms with Crippen LogP contribution >= 0.6 is 11.8 Å². The molecule has 0 saturated heterocycles. The van der Waals surface area contributed by atoms with Gasteiger partial charge in [0.2, 0.25) is 5.91 Å². The summed E-state index contributed by atoms with van der Waals surface area (Å²) in [5.41, 5.74) is 0.518. The fraction of sp³-hybridized carbons (Fsp3) is 0.222. The van der Waals surface area contributed by atoms with Gasteiger partial charge in [0.1, 0.15) is 0 Å². The monoisotopic (exact) mass is 277 g/mol. The number of nitrogens with one attached hydrogen (secondary N) is 1. The second kappa shape index (κ2) is 5.39. The molecule has 2 N–H and O–H groups in total. The van der Waals surface area contributed by atoms with Crippen LogP contribution in [-0.2, 0) is 15.2 Å². The highest BCUT2D eigenvalue weighted by Gasteiger charge is 2.12. The Labute approximate surface area is 103 Å². The molecule has 0 unspecified atom stereocenters. The molecule has 6 nitrogen and oxygen atoms in total. The maximum Gasteiger partial charge on any atom is 0.446 e. The zero-order valence-electron chi connectivity index (χ0n) is 9.13. The van der Waals surface area contributed by atoms with Gasteiger partial charge in [-0.1, -0.05) is 0 Å². The molecule has 8 heteroatoms. The number of carbonyl (C=O) groups is 1. The van der Waals surface area contributed by atoms with E-state index in [0.717, 1.165) is 0 Å². The standard InChI is InChI=1S/C9H11NO5S2/c1-6(11)10-7-3-4-8(9(5-7)16-2)15-17(12,13)14/h3-5H,1-2H3,(H,10,11)(H,12,13,14). The SMILES string of the molecule is CSc1cc(NC(C)=O)ccc1OS(=O)(=O)O. The van der Waals surface area contributed by atoms with Crippen molar-refractivity contribution in [2.24, 2.45) is 0 Å². The molecular weight excluding hydrogens is 266 g/mol. The predicted molar refractivity (Wildman–Crippen MR) is 64.7 cm³/mol. The third kappa shape index (κ3) is 4.63. The van der Waals surface area contributed by atoms with E-state index in [0.29, 0.717) is 10.6 Å². The average Bonchev–Trinajstić information content (AvgIpc) is 2.17. The van der Waals surface area contributed by atoms with E-state index in [1.54, 1.807) is 12.3 Å². The summed E-state index contributed by atoms with van der Waals surface area (Å²) in [6.45, 7) is 1.36. The smallest absolute Gasteiger partial charge is 0.361 e. The van der Waals surface area contributed by atoms with Crippen LogP contribution in [0.15, 0.2) is 23.1 Å². The highest BCUT2D eigenvalue weighted by molar-refractivity contribution is 7.98.